The maximum Gasteiger partial charge on any atom is 0.236 e. The van der Waals surface area contributed by atoms with E-state index in [1.165, 1.54) is 0 Å². The van der Waals surface area contributed by atoms with Gasteiger partial charge in [-0.2, -0.15) is 5.26 Å². The first kappa shape index (κ1) is 10.3. The zero-order chi connectivity index (χ0) is 11.2. The monoisotopic (exact) mass is 213 g/mol. The molecule has 0 unspecified atom stereocenters. The van der Waals surface area contributed by atoms with Crippen molar-refractivity contribution in [2.45, 2.75) is 13.0 Å². The van der Waals surface area contributed by atoms with Crippen molar-refractivity contribution >= 4 is 12.2 Å². The summed E-state index contributed by atoms with van der Waals surface area (Å²) in [4.78, 5) is 14.0. The second-order valence-electron chi connectivity index (χ2n) is 3.35. The molecule has 0 atom stereocenters. The van der Waals surface area contributed by atoms with E-state index in [1.807, 2.05) is 23.1 Å². The minimum atomic E-state index is 0.472. The van der Waals surface area contributed by atoms with Gasteiger partial charge in [0, 0.05) is 25.4 Å². The van der Waals surface area contributed by atoms with Crippen LogP contribution in [0.25, 0.3) is 0 Å². The molecule has 0 saturated carbocycles. The van der Waals surface area contributed by atoms with Gasteiger partial charge in [0.2, 0.25) is 12.2 Å². The van der Waals surface area contributed by atoms with E-state index < -0.39 is 0 Å². The van der Waals surface area contributed by atoms with Crippen molar-refractivity contribution in [3.63, 3.8) is 0 Å². The lowest BCUT2D eigenvalue weighted by Crippen LogP contribution is -2.33. The topological polar surface area (TPSA) is 64.6 Å². The molecule has 1 aromatic rings. The molecule has 0 spiro atoms. The summed E-state index contributed by atoms with van der Waals surface area (Å²) in [6.45, 7) is 1.46. The molecular weight excluding hydrogens is 202 g/mol. The molecule has 0 radical (unpaired) electrons. The van der Waals surface area contributed by atoms with Gasteiger partial charge >= 0.3 is 0 Å². The van der Waals surface area contributed by atoms with Crippen molar-refractivity contribution in [3.05, 3.63) is 30.1 Å². The van der Waals surface area contributed by atoms with Crippen LogP contribution in [0.5, 0.6) is 0 Å². The van der Waals surface area contributed by atoms with Crippen molar-refractivity contribution in [2.75, 3.05) is 6.54 Å². The zero-order valence-electron chi connectivity index (χ0n) is 8.74. The first-order valence-electron chi connectivity index (χ1n) is 5.04. The Morgan fingerprint density at radius 1 is 1.50 bits per heavy atom. The number of nitrogens with zero attached hydrogens (tertiary/aromatic N) is 5. The number of nitriles is 1. The molecule has 0 saturated heterocycles. The number of pyridine rings is 1. The van der Waals surface area contributed by atoms with E-state index in [-0.39, 0.29) is 0 Å². The van der Waals surface area contributed by atoms with Crippen LogP contribution in [0, 0.1) is 11.5 Å². The summed E-state index contributed by atoms with van der Waals surface area (Å²) >= 11 is 0. The molecule has 0 aromatic carbocycles. The average Bonchev–Trinajstić information content (AvgIpc) is 2.33. The van der Waals surface area contributed by atoms with Crippen molar-refractivity contribution < 1.29 is 0 Å². The molecule has 5 nitrogen and oxygen atoms in total. The average molecular weight is 213 g/mol. The second-order valence-corrected chi connectivity index (χ2v) is 3.35. The first-order valence-corrected chi connectivity index (χ1v) is 5.04. The van der Waals surface area contributed by atoms with Gasteiger partial charge < -0.3 is 4.90 Å². The molecule has 16 heavy (non-hydrogen) atoms. The van der Waals surface area contributed by atoms with Crippen molar-refractivity contribution in [3.8, 4) is 6.19 Å². The smallest absolute Gasteiger partial charge is 0.236 e. The number of hydrogen-bond donors (Lipinski definition) is 0. The van der Waals surface area contributed by atoms with Crippen molar-refractivity contribution in [2.24, 2.45) is 9.98 Å². The minimum absolute atomic E-state index is 0.472. The van der Waals surface area contributed by atoms with Crippen LogP contribution in [0.15, 0.2) is 34.4 Å². The zero-order valence-corrected chi connectivity index (χ0v) is 8.74. The van der Waals surface area contributed by atoms with E-state index in [2.05, 4.69) is 15.0 Å². The summed E-state index contributed by atoms with van der Waals surface area (Å²) in [6, 6.07) is 5.76. The van der Waals surface area contributed by atoms with E-state index >= 15 is 0 Å². The summed E-state index contributed by atoms with van der Waals surface area (Å²) < 4.78 is 0. The van der Waals surface area contributed by atoms with Gasteiger partial charge in [0.15, 0.2) is 0 Å². The van der Waals surface area contributed by atoms with Gasteiger partial charge in [0.25, 0.3) is 0 Å². The molecule has 0 fully saturated rings. The summed E-state index contributed by atoms with van der Waals surface area (Å²) in [6.07, 6.45) is 6.17. The third kappa shape index (κ3) is 2.42. The van der Waals surface area contributed by atoms with Crippen LogP contribution in [-0.4, -0.2) is 28.6 Å². The normalized spacial score (nSPS) is 17.4. The Morgan fingerprint density at radius 2 is 2.44 bits per heavy atom. The molecule has 0 aliphatic carbocycles. The Kier molecular flexibility index (Phi) is 3.24. The Morgan fingerprint density at radius 3 is 3.19 bits per heavy atom. The van der Waals surface area contributed by atoms with Crippen LogP contribution < -0.4 is 0 Å². The van der Waals surface area contributed by atoms with Gasteiger partial charge in [-0.3, -0.25) is 4.98 Å². The number of hydrogen-bond acceptors (Lipinski definition) is 3. The second kappa shape index (κ2) is 5.03. The van der Waals surface area contributed by atoms with Gasteiger partial charge in [-0.05, 0) is 12.1 Å². The maximum atomic E-state index is 8.55. The van der Waals surface area contributed by atoms with Gasteiger partial charge in [-0.1, -0.05) is 6.07 Å². The van der Waals surface area contributed by atoms with E-state index in [1.54, 1.807) is 18.6 Å². The van der Waals surface area contributed by atoms with Gasteiger partial charge in [-0.15, -0.1) is 4.99 Å². The van der Waals surface area contributed by atoms with Crippen LogP contribution in [0.2, 0.25) is 0 Å². The highest BCUT2D eigenvalue weighted by atomic mass is 15.3. The third-order valence-corrected chi connectivity index (χ3v) is 2.25. The molecule has 0 amide bonds. The fourth-order valence-electron chi connectivity index (χ4n) is 1.52. The fourth-order valence-corrected chi connectivity index (χ4v) is 1.52. The molecule has 2 rings (SSSR count). The Labute approximate surface area is 93.8 Å². The summed E-state index contributed by atoms with van der Waals surface area (Å²) in [7, 11) is 0. The van der Waals surface area contributed by atoms with E-state index in [0.29, 0.717) is 12.5 Å². The molecular formula is C11H11N5. The molecule has 1 aliphatic heterocycles. The lowest BCUT2D eigenvalue weighted by atomic mass is 10.3. The van der Waals surface area contributed by atoms with Crippen molar-refractivity contribution in [1.82, 2.24) is 9.88 Å². The fraction of sp³-hybridized carbons (Fsp3) is 0.273. The van der Waals surface area contributed by atoms with E-state index in [0.717, 1.165) is 18.7 Å². The molecule has 0 bridgehead atoms. The minimum Gasteiger partial charge on any atom is -0.334 e. The summed E-state index contributed by atoms with van der Waals surface area (Å²) in [5.74, 6) is 0.472. The van der Waals surface area contributed by atoms with Crippen LogP contribution in [-0.2, 0) is 6.54 Å². The van der Waals surface area contributed by atoms with Gasteiger partial charge in [-0.25, -0.2) is 4.99 Å². The predicted molar refractivity (Wildman–Crippen MR) is 60.8 cm³/mol. The highest BCUT2D eigenvalue weighted by Crippen LogP contribution is 2.07. The van der Waals surface area contributed by atoms with Crippen LogP contribution in [0.4, 0.5) is 0 Å². The number of rotatable bonds is 2. The molecule has 2 heterocycles. The largest absolute Gasteiger partial charge is 0.334 e. The Hall–Kier alpha value is -2.22. The Balaban J connectivity index is 2.13. The molecule has 0 N–H and O–H groups in total. The predicted octanol–water partition coefficient (Wildman–Crippen LogP) is 1.20. The number of aromatic nitrogens is 1. The van der Waals surface area contributed by atoms with E-state index in [9.17, 15) is 0 Å². The third-order valence-electron chi connectivity index (χ3n) is 2.25. The van der Waals surface area contributed by atoms with Gasteiger partial charge in [0.05, 0.1) is 12.2 Å². The summed E-state index contributed by atoms with van der Waals surface area (Å²) in [5, 5.41) is 8.55. The van der Waals surface area contributed by atoms with Crippen LogP contribution in [0.1, 0.15) is 12.1 Å². The number of guanidine groups is 1. The molecule has 1 aliphatic rings. The SMILES string of the molecule is N#CN=C1N=CCCN1Cc1ccccn1. The van der Waals surface area contributed by atoms with E-state index in [4.69, 9.17) is 5.26 Å². The molecule has 1 aromatic heterocycles. The molecule has 80 valence electrons. The van der Waals surface area contributed by atoms with Crippen LogP contribution >= 0.6 is 0 Å². The number of aliphatic imine (C=N–C) groups is 2. The lowest BCUT2D eigenvalue weighted by molar-refractivity contribution is 0.409. The standard InChI is InChI=1S/C11H11N5/c12-9-15-11-14-6-3-7-16(11)8-10-4-1-2-5-13-10/h1-2,4-6H,3,7-8H2. The summed E-state index contributed by atoms with van der Waals surface area (Å²) in [5.41, 5.74) is 0.949. The Bertz CT molecular complexity index is 443. The van der Waals surface area contributed by atoms with Crippen LogP contribution in [0.3, 0.4) is 0 Å². The molecule has 5 heteroatoms. The van der Waals surface area contributed by atoms with Crippen molar-refractivity contribution in [1.29, 1.82) is 5.26 Å². The first-order chi connectivity index (χ1) is 7.90. The maximum absolute atomic E-state index is 8.55. The quantitative estimate of drug-likeness (QED) is 0.693. The highest BCUT2D eigenvalue weighted by Gasteiger charge is 2.14. The van der Waals surface area contributed by atoms with Gasteiger partial charge in [0.1, 0.15) is 0 Å². The highest BCUT2D eigenvalue weighted by molar-refractivity contribution is 5.90. The lowest BCUT2D eigenvalue weighted by Gasteiger charge is -2.24.